The first kappa shape index (κ1) is 29.7. The van der Waals surface area contributed by atoms with Gasteiger partial charge in [0.25, 0.3) is 6.04 Å². The quantitative estimate of drug-likeness (QED) is 0.239. The van der Waals surface area contributed by atoms with E-state index in [-0.39, 0.29) is 12.0 Å². The fraction of sp³-hybridized carbons (Fsp3) is 0.367. The van der Waals surface area contributed by atoms with Gasteiger partial charge in [-0.15, -0.1) is 0 Å². The molecule has 3 aromatic rings. The van der Waals surface area contributed by atoms with Crippen molar-refractivity contribution in [2.24, 2.45) is 5.92 Å². The van der Waals surface area contributed by atoms with Gasteiger partial charge >= 0.3 is 5.97 Å². The highest BCUT2D eigenvalue weighted by Crippen LogP contribution is 2.54. The van der Waals surface area contributed by atoms with Crippen LogP contribution in [-0.2, 0) is 16.0 Å². The molecule has 0 saturated heterocycles. The van der Waals surface area contributed by atoms with E-state index in [2.05, 4.69) is 0 Å². The summed E-state index contributed by atoms with van der Waals surface area (Å²) in [4.78, 5) is 37.8. The monoisotopic (exact) mass is 568 g/mol. The Kier molecular flexibility index (Phi) is 8.21. The molecule has 0 amide bonds. The molecule has 0 spiro atoms. The largest absolute Gasteiger partial charge is 0.458 e. The number of esters is 1. The molecule has 0 aliphatic heterocycles. The van der Waals surface area contributed by atoms with E-state index in [4.69, 9.17) is 4.74 Å². The Hall–Kier alpha value is -4.25. The molecule has 0 heterocycles. The minimum Gasteiger partial charge on any atom is -0.458 e. The molecule has 1 N–H and O–H groups in total. The van der Waals surface area contributed by atoms with E-state index >= 15 is 8.78 Å². The van der Waals surface area contributed by atoms with Gasteiger partial charge in [-0.3, -0.25) is 20.2 Å². The summed E-state index contributed by atoms with van der Waals surface area (Å²) in [6.07, 6.45) is -0.283. The number of hydrogen-bond acceptors (Lipinski definition) is 7. The van der Waals surface area contributed by atoms with Gasteiger partial charge in [0.05, 0.1) is 5.92 Å². The molecule has 0 radical (unpaired) electrons. The molecule has 11 heteroatoms. The average Bonchev–Trinajstić information content (AvgIpc) is 2.89. The van der Waals surface area contributed by atoms with E-state index in [1.165, 1.54) is 51.1 Å². The summed E-state index contributed by atoms with van der Waals surface area (Å²) in [6.45, 7) is 4.48. The lowest BCUT2D eigenvalue weighted by molar-refractivity contribution is -0.594. The SMILES string of the molecule is CC(C)(C)OC(=O)[C@@]1(O)[C@H](Cc2ccccc2)[C@H](c2ccccc2F)[C@H]([N+](=O)[O-])[C@@H](c2ccccc2F)[C@@H]1[N+](=O)[O-]. The number of nitro groups is 2. The van der Waals surface area contributed by atoms with Crippen LogP contribution < -0.4 is 0 Å². The van der Waals surface area contributed by atoms with Gasteiger partial charge in [-0.1, -0.05) is 66.7 Å². The number of halogens is 2. The standard InChI is InChI=1S/C30H30F2N2O7/c1-29(2,3)41-28(35)30(36)21(17-18-11-5-4-6-12-18)24(19-13-7-9-15-22(19)31)26(33(37)38)25(27(30)34(39)40)20-14-8-10-16-23(20)32/h4-16,21,24-27,36H,17H2,1-3H3/t21-,24+,25-,26+,27+,30-/m1/s1. The van der Waals surface area contributed by atoms with E-state index < -0.39 is 74.1 Å². The number of carbonyl (C=O) groups excluding carboxylic acids is 1. The second kappa shape index (κ2) is 11.3. The number of aliphatic hydroxyl groups is 1. The number of ether oxygens (including phenoxy) is 1. The molecular weight excluding hydrogens is 538 g/mol. The Morgan fingerprint density at radius 1 is 0.854 bits per heavy atom. The lowest BCUT2D eigenvalue weighted by Crippen LogP contribution is -2.70. The summed E-state index contributed by atoms with van der Waals surface area (Å²) < 4.78 is 36.3. The fourth-order valence-electron chi connectivity index (χ4n) is 6.00. The Balaban J connectivity index is 2.12. The maximum absolute atomic E-state index is 15.5. The molecule has 41 heavy (non-hydrogen) atoms. The van der Waals surface area contributed by atoms with Crippen LogP contribution in [0.3, 0.4) is 0 Å². The van der Waals surface area contributed by atoms with Gasteiger partial charge in [0.1, 0.15) is 23.2 Å². The van der Waals surface area contributed by atoms with Crippen molar-refractivity contribution in [3.63, 3.8) is 0 Å². The van der Waals surface area contributed by atoms with Gasteiger partial charge in [0.15, 0.2) is 0 Å². The van der Waals surface area contributed by atoms with Crippen molar-refractivity contribution >= 4 is 5.97 Å². The topological polar surface area (TPSA) is 133 Å². The van der Waals surface area contributed by atoms with Crippen LogP contribution >= 0.6 is 0 Å². The molecule has 0 unspecified atom stereocenters. The van der Waals surface area contributed by atoms with Crippen LogP contribution in [0.1, 0.15) is 49.3 Å². The zero-order valence-electron chi connectivity index (χ0n) is 22.6. The molecule has 3 aromatic carbocycles. The summed E-state index contributed by atoms with van der Waals surface area (Å²) in [6, 6.07) is 13.7. The van der Waals surface area contributed by atoms with Gasteiger partial charge < -0.3 is 9.84 Å². The number of carbonyl (C=O) groups is 1. The average molecular weight is 569 g/mol. The molecule has 1 aliphatic carbocycles. The van der Waals surface area contributed by atoms with Gasteiger partial charge in [-0.05, 0) is 50.5 Å². The molecular formula is C30H30F2N2O7. The molecule has 1 saturated carbocycles. The van der Waals surface area contributed by atoms with Crippen molar-refractivity contribution in [3.8, 4) is 0 Å². The van der Waals surface area contributed by atoms with E-state index in [0.717, 1.165) is 18.2 Å². The Labute approximate surface area is 235 Å². The summed E-state index contributed by atoms with van der Waals surface area (Å²) in [5.41, 5.74) is -4.47. The van der Waals surface area contributed by atoms with Crippen LogP contribution in [0.2, 0.25) is 0 Å². The number of rotatable bonds is 7. The molecule has 1 fully saturated rings. The van der Waals surface area contributed by atoms with Crippen molar-refractivity contribution in [1.82, 2.24) is 0 Å². The number of nitrogens with zero attached hydrogens (tertiary/aromatic N) is 2. The molecule has 6 atom stereocenters. The van der Waals surface area contributed by atoms with Crippen molar-refractivity contribution in [1.29, 1.82) is 0 Å². The molecule has 9 nitrogen and oxygen atoms in total. The maximum Gasteiger partial charge on any atom is 0.346 e. The molecule has 1 aliphatic rings. The van der Waals surface area contributed by atoms with E-state index in [0.29, 0.717) is 5.56 Å². The van der Waals surface area contributed by atoms with Crippen LogP contribution in [-0.4, -0.2) is 44.2 Å². The predicted molar refractivity (Wildman–Crippen MR) is 144 cm³/mol. The fourth-order valence-corrected chi connectivity index (χ4v) is 6.00. The second-order valence-electron chi connectivity index (χ2n) is 11.2. The molecule has 0 aromatic heterocycles. The van der Waals surface area contributed by atoms with Crippen molar-refractivity contribution in [2.45, 2.75) is 62.3 Å². The lowest BCUT2D eigenvalue weighted by Gasteiger charge is -2.48. The Morgan fingerprint density at radius 2 is 1.34 bits per heavy atom. The zero-order chi connectivity index (χ0) is 30.1. The Morgan fingerprint density at radius 3 is 1.80 bits per heavy atom. The van der Waals surface area contributed by atoms with Gasteiger partial charge in [-0.2, -0.15) is 0 Å². The van der Waals surface area contributed by atoms with E-state index in [1.807, 2.05) is 0 Å². The highest BCUT2D eigenvalue weighted by molar-refractivity contribution is 5.82. The van der Waals surface area contributed by atoms with Gasteiger partial charge in [0.2, 0.25) is 11.6 Å². The minimum atomic E-state index is -3.04. The zero-order valence-corrected chi connectivity index (χ0v) is 22.6. The molecule has 216 valence electrons. The summed E-state index contributed by atoms with van der Waals surface area (Å²) >= 11 is 0. The normalized spacial score (nSPS) is 26.2. The third-order valence-electron chi connectivity index (χ3n) is 7.55. The Bertz CT molecular complexity index is 1450. The third-order valence-corrected chi connectivity index (χ3v) is 7.55. The van der Waals surface area contributed by atoms with E-state index in [1.54, 1.807) is 30.3 Å². The highest BCUT2D eigenvalue weighted by Gasteiger charge is 2.73. The number of hydrogen-bond donors (Lipinski definition) is 1. The first-order chi connectivity index (χ1) is 19.3. The predicted octanol–water partition coefficient (Wildman–Crippen LogP) is 5.07. The second-order valence-corrected chi connectivity index (χ2v) is 11.2. The summed E-state index contributed by atoms with van der Waals surface area (Å²) in [5.74, 6) is -8.49. The van der Waals surface area contributed by atoms with Gasteiger partial charge in [-0.25, -0.2) is 13.6 Å². The van der Waals surface area contributed by atoms with Crippen LogP contribution in [0.4, 0.5) is 8.78 Å². The van der Waals surface area contributed by atoms with Crippen molar-refractivity contribution in [2.75, 3.05) is 0 Å². The van der Waals surface area contributed by atoms with Crippen LogP contribution in [0.25, 0.3) is 0 Å². The van der Waals surface area contributed by atoms with Crippen LogP contribution in [0, 0.1) is 37.8 Å². The van der Waals surface area contributed by atoms with Crippen molar-refractivity contribution < 1.29 is 33.3 Å². The highest BCUT2D eigenvalue weighted by atomic mass is 19.1. The maximum atomic E-state index is 15.5. The summed E-state index contributed by atoms with van der Waals surface area (Å²) in [5, 5.41) is 38.1. The van der Waals surface area contributed by atoms with Crippen LogP contribution in [0.15, 0.2) is 78.9 Å². The van der Waals surface area contributed by atoms with Crippen molar-refractivity contribution in [3.05, 3.63) is 127 Å². The summed E-state index contributed by atoms with van der Waals surface area (Å²) in [7, 11) is 0. The molecule has 4 rings (SSSR count). The van der Waals surface area contributed by atoms with Crippen LogP contribution in [0.5, 0.6) is 0 Å². The first-order valence-corrected chi connectivity index (χ1v) is 13.0. The smallest absolute Gasteiger partial charge is 0.346 e. The lowest BCUT2D eigenvalue weighted by atomic mass is 9.55. The first-order valence-electron chi connectivity index (χ1n) is 13.0. The van der Waals surface area contributed by atoms with Gasteiger partial charge in [0, 0.05) is 21.3 Å². The number of benzene rings is 3. The third kappa shape index (κ3) is 5.67. The minimum absolute atomic E-state index is 0.236. The molecule has 0 bridgehead atoms. The van der Waals surface area contributed by atoms with E-state index in [9.17, 15) is 30.1 Å².